The highest BCUT2D eigenvalue weighted by molar-refractivity contribution is 7.59. The summed E-state index contributed by atoms with van der Waals surface area (Å²) in [5.74, 6) is 1.50. The Morgan fingerprint density at radius 1 is 0.414 bits per heavy atom. The van der Waals surface area contributed by atoms with E-state index in [-0.39, 0.29) is 52.5 Å². The summed E-state index contributed by atoms with van der Waals surface area (Å²) in [5.41, 5.74) is 21.7. The lowest BCUT2D eigenvalue weighted by Crippen LogP contribution is -2.50. The number of piperazine rings is 2. The van der Waals surface area contributed by atoms with Crippen molar-refractivity contribution in [3.63, 3.8) is 0 Å². The number of ether oxygens (including phenoxy) is 5. The van der Waals surface area contributed by atoms with Crippen molar-refractivity contribution < 1.29 is 42.9 Å². The van der Waals surface area contributed by atoms with Crippen LogP contribution in [0.1, 0.15) is 146 Å². The number of hydrogen-bond acceptors (Lipinski definition) is 24. The van der Waals surface area contributed by atoms with Gasteiger partial charge in [-0.2, -0.15) is 70.4 Å². The molecular weight excluding hydrogens is 1670 g/mol. The van der Waals surface area contributed by atoms with Crippen LogP contribution in [0.15, 0.2) is 93.0 Å². The van der Waals surface area contributed by atoms with Crippen LogP contribution in [-0.2, 0) is 62.8 Å². The van der Waals surface area contributed by atoms with Crippen molar-refractivity contribution in [2.45, 2.75) is 183 Å². The molecule has 690 valence electrons. The standard InChI is InChI=1S/C32H45N7O3.C30H39N7O2.C28H38N6O.C6H6O3.3H2S/c1-21-18-26-24(9-11-33-26)28(22(21)2)39-13-10-25-27(19-39)34-30(41-20-23-8-7-12-36(23)6)35-29(25)37-14-16-38(17-15-37)31(40)42-32(3,4)5;1-5-27(38)35-13-15-36(16-14-35)29-24-9-12-37(28-21(3)20(2)17-25-23(28)8-10-31-25)18-26(24)32-30(33-29)39-19-22-7-6-11-34(22)4;1-19-16-24-22(9-11-29-24)26(20(19)2)34-15-10-23-25(17-34)30-28(35-18-21-8-7-12-32(21)3)31-27(23)33-13-5-4-6-14-33;1-3-5(7)9-6(8)4-2;;;/h9,11,18,23,33H,7-8,10,12-17,19-20H2,1-6H3;5,8,10,17,22,31H,1,6-7,9,11-16,18-19H2,2-4H3;9,11,16,21,29H,4-8,10,12-15,17-18H2,1-3H3;3-4H,1-2H2;3*1H2/t23-;22-;21-;;;;/m000..../s1. The summed E-state index contributed by atoms with van der Waals surface area (Å²) in [7, 11) is 6.51. The molecular formula is C96H134N20O9S3. The van der Waals surface area contributed by atoms with Gasteiger partial charge in [0.05, 0.1) is 36.7 Å². The molecule has 9 aliphatic heterocycles. The monoisotopic (exact) mass is 1810 g/mol. The summed E-state index contributed by atoms with van der Waals surface area (Å²) in [6, 6.07) is 16.0. The molecule has 2 amide bonds. The summed E-state index contributed by atoms with van der Waals surface area (Å²) in [4.78, 5) is 111. The van der Waals surface area contributed by atoms with E-state index >= 15 is 0 Å². The molecule has 3 aromatic carbocycles. The van der Waals surface area contributed by atoms with Crippen LogP contribution in [0.3, 0.4) is 0 Å². The number of esters is 2. The van der Waals surface area contributed by atoms with E-state index in [4.69, 9.17) is 48.9 Å². The van der Waals surface area contributed by atoms with E-state index in [0.717, 1.165) is 156 Å². The maximum Gasteiger partial charge on any atom is 0.410 e. The van der Waals surface area contributed by atoms with Gasteiger partial charge in [-0.05, 0) is 256 Å². The molecule has 0 aliphatic carbocycles. The number of carbonyl (C=O) groups is 4. The average molecular weight is 1810 g/mol. The minimum Gasteiger partial charge on any atom is -0.462 e. The number of carbonyl (C=O) groups excluding carboxylic acids is 4. The Hall–Kier alpha value is -10.3. The molecule has 9 aromatic rings. The fourth-order valence-electron chi connectivity index (χ4n) is 19.3. The van der Waals surface area contributed by atoms with E-state index in [2.05, 4.69) is 183 Å². The first kappa shape index (κ1) is 96.8. The van der Waals surface area contributed by atoms with Gasteiger partial charge in [0.1, 0.15) is 42.9 Å². The molecule has 18 rings (SSSR count). The van der Waals surface area contributed by atoms with Gasteiger partial charge in [0.2, 0.25) is 5.91 Å². The number of nitrogens with one attached hydrogen (secondary N) is 3. The number of aryl methyl sites for hydroxylation is 3. The first-order valence-corrected chi connectivity index (χ1v) is 45.1. The van der Waals surface area contributed by atoms with Gasteiger partial charge in [0.15, 0.2) is 0 Å². The molecule has 9 aliphatic rings. The molecule has 6 fully saturated rings. The lowest BCUT2D eigenvalue weighted by Gasteiger charge is -2.38. The van der Waals surface area contributed by atoms with Gasteiger partial charge in [-0.1, -0.05) is 19.7 Å². The fourth-order valence-corrected chi connectivity index (χ4v) is 19.3. The van der Waals surface area contributed by atoms with Gasteiger partial charge in [0, 0.05) is 200 Å². The molecule has 29 nitrogen and oxygen atoms in total. The molecule has 6 aromatic heterocycles. The number of fused-ring (bicyclic) bond motifs is 6. The van der Waals surface area contributed by atoms with Gasteiger partial charge in [-0.15, -0.1) is 0 Å². The molecule has 0 saturated carbocycles. The summed E-state index contributed by atoms with van der Waals surface area (Å²) in [6.07, 6.45) is 22.6. The number of aromatic nitrogens is 9. The van der Waals surface area contributed by atoms with Gasteiger partial charge >= 0.3 is 36.1 Å². The van der Waals surface area contributed by atoms with Crippen LogP contribution in [0, 0.1) is 41.5 Å². The first-order chi connectivity index (χ1) is 60.3. The number of amides is 2. The molecule has 15 heterocycles. The van der Waals surface area contributed by atoms with Crippen molar-refractivity contribution in [1.29, 1.82) is 0 Å². The number of aromatic amines is 3. The van der Waals surface area contributed by atoms with Crippen LogP contribution < -0.4 is 43.6 Å². The van der Waals surface area contributed by atoms with Crippen LogP contribution in [-0.4, -0.2) is 263 Å². The predicted octanol–water partition coefficient (Wildman–Crippen LogP) is 13.5. The second-order valence-corrected chi connectivity index (χ2v) is 36.0. The van der Waals surface area contributed by atoms with E-state index in [1.165, 1.54) is 145 Å². The Balaban J connectivity index is 0.000000164. The normalized spacial score (nSPS) is 18.9. The molecule has 0 radical (unpaired) electrons. The zero-order valence-corrected chi connectivity index (χ0v) is 80.1. The fraction of sp³-hybridized carbons (Fsp3) is 0.521. The third kappa shape index (κ3) is 22.1. The van der Waals surface area contributed by atoms with E-state index < -0.39 is 17.5 Å². The van der Waals surface area contributed by atoms with Crippen molar-refractivity contribution in [1.82, 2.24) is 69.4 Å². The summed E-state index contributed by atoms with van der Waals surface area (Å²) >= 11 is 0. The Bertz CT molecular complexity index is 5420. The third-order valence-electron chi connectivity index (χ3n) is 26.8. The second kappa shape index (κ2) is 43.0. The molecule has 32 heteroatoms. The molecule has 3 atom stereocenters. The number of likely N-dealkylation sites (N-methyl/N-ethyl adjacent to an activating group) is 3. The Morgan fingerprint density at radius 2 is 0.742 bits per heavy atom. The lowest BCUT2D eigenvalue weighted by molar-refractivity contribution is -0.152. The average Bonchev–Trinajstić information content (AvgIpc) is 1.15. The van der Waals surface area contributed by atoms with Crippen molar-refractivity contribution in [3.8, 4) is 18.0 Å². The Labute approximate surface area is 775 Å². The van der Waals surface area contributed by atoms with Gasteiger partial charge in [-0.25, -0.2) is 14.4 Å². The molecule has 0 spiro atoms. The number of piperidine rings is 1. The minimum atomic E-state index is -0.764. The number of rotatable bonds is 18. The van der Waals surface area contributed by atoms with Crippen molar-refractivity contribution in [2.24, 2.45) is 0 Å². The maximum atomic E-state index is 12.7. The lowest BCUT2D eigenvalue weighted by atomic mass is 9.99. The predicted molar refractivity (Wildman–Crippen MR) is 525 cm³/mol. The quantitative estimate of drug-likeness (QED) is 0.0409. The zero-order chi connectivity index (χ0) is 87.9. The van der Waals surface area contributed by atoms with Crippen LogP contribution in [0.5, 0.6) is 18.0 Å². The van der Waals surface area contributed by atoms with Crippen molar-refractivity contribution in [3.05, 3.63) is 160 Å². The van der Waals surface area contributed by atoms with Gasteiger partial charge in [0.25, 0.3) is 0 Å². The zero-order valence-electron chi connectivity index (χ0n) is 77.1. The molecule has 128 heavy (non-hydrogen) atoms. The number of H-pyrrole nitrogens is 3. The number of likely N-dealkylation sites (tertiary alicyclic amines) is 3. The Morgan fingerprint density at radius 3 is 1.05 bits per heavy atom. The maximum absolute atomic E-state index is 12.7. The van der Waals surface area contributed by atoms with E-state index in [1.54, 1.807) is 4.90 Å². The molecule has 6 saturated heterocycles. The SMILES string of the molecule is C=CC(=O)N1CCN(c2nc(OC[C@@H]3CCCN3C)nc3c2CCN(c2c(C)c(C)cc4[nH]ccc24)C3)CC1.C=CC(=O)OC(=O)C=C.Cc1cc2[nH]ccc2c(N2CCc3c(nc(OC[C@@H]4CCCN4C)nc3N3CCCCC3)C2)c1C.Cc1cc2[nH]ccc2c(N2CCc3c(nc(OC[C@@H]4CCCN4C)nc3N3CCN(C(=O)OC(C)(C)C)CC3)C2)c1C.S.S.S. The first-order valence-electron chi connectivity index (χ1n) is 45.1. The summed E-state index contributed by atoms with van der Waals surface area (Å²) < 4.78 is 28.5. The van der Waals surface area contributed by atoms with Crippen LogP contribution in [0.2, 0.25) is 0 Å². The van der Waals surface area contributed by atoms with E-state index in [1.807, 2.05) is 44.3 Å². The van der Waals surface area contributed by atoms with E-state index in [0.29, 0.717) is 108 Å². The molecule has 3 N–H and O–H groups in total. The minimum absolute atomic E-state index is 0. The molecule has 0 unspecified atom stereocenters. The van der Waals surface area contributed by atoms with Crippen LogP contribution in [0.25, 0.3) is 32.7 Å². The van der Waals surface area contributed by atoms with Gasteiger partial charge in [-0.3, -0.25) is 4.79 Å². The summed E-state index contributed by atoms with van der Waals surface area (Å²) in [6.45, 7) is 46.5. The number of benzene rings is 3. The molecule has 0 bridgehead atoms. The third-order valence-corrected chi connectivity index (χ3v) is 26.8. The topological polar surface area (TPSA) is 275 Å². The Kier molecular flexibility index (Phi) is 32.5. The van der Waals surface area contributed by atoms with Crippen LogP contribution in [0.4, 0.5) is 39.3 Å². The van der Waals surface area contributed by atoms with E-state index in [9.17, 15) is 19.2 Å². The van der Waals surface area contributed by atoms with Crippen molar-refractivity contribution in [2.75, 3.05) is 175 Å². The second-order valence-electron chi connectivity index (χ2n) is 36.0. The largest absolute Gasteiger partial charge is 0.462 e. The highest BCUT2D eigenvalue weighted by atomic mass is 32.1. The number of nitrogens with zero attached hydrogens (tertiary/aromatic N) is 17. The van der Waals surface area contributed by atoms with Crippen molar-refractivity contribution >= 4 is 132 Å². The smallest absolute Gasteiger partial charge is 0.410 e. The van der Waals surface area contributed by atoms with Crippen LogP contribution >= 0.6 is 40.5 Å². The number of hydrogen-bond donors (Lipinski definition) is 3. The highest BCUT2D eigenvalue weighted by Crippen LogP contribution is 2.43. The highest BCUT2D eigenvalue weighted by Gasteiger charge is 2.37. The number of anilines is 6. The summed E-state index contributed by atoms with van der Waals surface area (Å²) in [5, 5.41) is 3.79. The van der Waals surface area contributed by atoms with Gasteiger partial charge < -0.3 is 92.5 Å².